The number of unbranched alkanes of at least 4 members (excludes halogenated alkanes) is 1. The molecule has 0 saturated carbocycles. The molecule has 10 heteroatoms. The van der Waals surface area contributed by atoms with E-state index in [0.717, 1.165) is 55.3 Å². The number of aliphatic hydroxyl groups is 1. The summed E-state index contributed by atoms with van der Waals surface area (Å²) < 4.78 is 27.9. The van der Waals surface area contributed by atoms with Crippen LogP contribution in [-0.2, 0) is 19.4 Å². The van der Waals surface area contributed by atoms with Crippen molar-refractivity contribution in [1.82, 2.24) is 25.5 Å². The van der Waals surface area contributed by atoms with Crippen LogP contribution in [0.25, 0.3) is 0 Å². The average molecular weight is 598 g/mol. The van der Waals surface area contributed by atoms with E-state index in [4.69, 9.17) is 0 Å². The third-order valence-corrected chi connectivity index (χ3v) is 7.14. The van der Waals surface area contributed by atoms with Crippen LogP contribution < -0.4 is 10.6 Å². The Morgan fingerprint density at radius 3 is 2.30 bits per heavy atom. The first-order valence-corrected chi connectivity index (χ1v) is 15.2. The van der Waals surface area contributed by atoms with Crippen LogP contribution in [0.5, 0.6) is 0 Å². The molecule has 0 aliphatic heterocycles. The number of rotatable bonds is 17. The first-order chi connectivity index (χ1) is 20.6. The van der Waals surface area contributed by atoms with E-state index in [0.29, 0.717) is 30.8 Å². The summed E-state index contributed by atoms with van der Waals surface area (Å²) in [7, 11) is 0. The van der Waals surface area contributed by atoms with Crippen molar-refractivity contribution in [3.63, 3.8) is 0 Å². The zero-order valence-corrected chi connectivity index (χ0v) is 25.7. The van der Waals surface area contributed by atoms with Gasteiger partial charge in [0, 0.05) is 61.7 Å². The van der Waals surface area contributed by atoms with Gasteiger partial charge in [0.1, 0.15) is 17.5 Å². The highest BCUT2D eigenvalue weighted by molar-refractivity contribution is 6.00. The maximum absolute atomic E-state index is 14.0. The van der Waals surface area contributed by atoms with Crippen LogP contribution in [0.2, 0.25) is 0 Å². The van der Waals surface area contributed by atoms with Gasteiger partial charge in [-0.25, -0.2) is 13.8 Å². The third-order valence-electron chi connectivity index (χ3n) is 7.14. The molecule has 0 saturated heterocycles. The lowest BCUT2D eigenvalue weighted by Crippen LogP contribution is -2.48. The van der Waals surface area contributed by atoms with Gasteiger partial charge in [-0.05, 0) is 74.1 Å². The number of benzene rings is 2. The molecule has 2 amide bonds. The molecule has 4 N–H and O–H groups in total. The second kappa shape index (κ2) is 16.9. The molecule has 0 unspecified atom stereocenters. The second-order valence-corrected chi connectivity index (χ2v) is 11.1. The van der Waals surface area contributed by atoms with E-state index < -0.39 is 29.7 Å². The molecule has 8 nitrogen and oxygen atoms in total. The molecular formula is C33H45F2N5O3. The van der Waals surface area contributed by atoms with Crippen molar-refractivity contribution in [3.8, 4) is 0 Å². The monoisotopic (exact) mass is 597 g/mol. The van der Waals surface area contributed by atoms with Crippen molar-refractivity contribution in [2.75, 3.05) is 19.6 Å². The maximum Gasteiger partial charge on any atom is 0.253 e. The van der Waals surface area contributed by atoms with E-state index in [-0.39, 0.29) is 24.4 Å². The summed E-state index contributed by atoms with van der Waals surface area (Å²) in [6.07, 6.45) is 5.25. The van der Waals surface area contributed by atoms with Gasteiger partial charge < -0.3 is 25.6 Å². The predicted molar refractivity (Wildman–Crippen MR) is 164 cm³/mol. The molecule has 43 heavy (non-hydrogen) atoms. The number of nitrogens with zero attached hydrogens (tertiary/aromatic N) is 2. The Labute approximate surface area is 253 Å². The summed E-state index contributed by atoms with van der Waals surface area (Å²) in [6.45, 7) is 9.70. The number of aromatic nitrogens is 2. The normalized spacial score (nSPS) is 12.6. The fourth-order valence-electron chi connectivity index (χ4n) is 5.06. The van der Waals surface area contributed by atoms with Gasteiger partial charge in [0.15, 0.2) is 0 Å². The highest BCUT2D eigenvalue weighted by atomic mass is 19.1. The fraction of sp³-hybridized carbons (Fsp3) is 0.485. The van der Waals surface area contributed by atoms with Crippen molar-refractivity contribution in [1.29, 1.82) is 0 Å². The Balaban J connectivity index is 1.77. The van der Waals surface area contributed by atoms with Crippen LogP contribution in [-0.4, -0.2) is 63.6 Å². The molecule has 0 aliphatic carbocycles. The van der Waals surface area contributed by atoms with Crippen LogP contribution in [0, 0.1) is 18.6 Å². The Kier molecular flexibility index (Phi) is 13.3. The van der Waals surface area contributed by atoms with Crippen LogP contribution in [0.15, 0.2) is 42.6 Å². The fourth-order valence-corrected chi connectivity index (χ4v) is 5.06. The maximum atomic E-state index is 14.0. The number of hydrogen-bond acceptors (Lipinski definition) is 5. The van der Waals surface area contributed by atoms with Crippen molar-refractivity contribution < 1.29 is 23.5 Å². The second-order valence-electron chi connectivity index (χ2n) is 11.1. The number of hydrogen-bond donors (Lipinski definition) is 4. The van der Waals surface area contributed by atoms with Crippen molar-refractivity contribution in [2.45, 2.75) is 84.9 Å². The SMILES string of the molecule is CCCCc1ncc(CNC[C@@H](O)[C@H](Cc2cc(F)cc(F)c2)NC(=O)c2cc(C)cc(C(=O)N(CCC)CCC)c2)[nH]1. The zero-order valence-electron chi connectivity index (χ0n) is 25.7. The first kappa shape index (κ1) is 33.9. The van der Waals surface area contributed by atoms with Crippen LogP contribution in [0.1, 0.15) is 89.8 Å². The summed E-state index contributed by atoms with van der Waals surface area (Å²) in [5, 5.41) is 17.2. The number of H-pyrrole nitrogens is 1. The van der Waals surface area contributed by atoms with Crippen LogP contribution in [0.4, 0.5) is 8.78 Å². The summed E-state index contributed by atoms with van der Waals surface area (Å²) in [5.41, 5.74) is 2.58. The van der Waals surface area contributed by atoms with E-state index in [1.807, 2.05) is 20.8 Å². The molecule has 0 aliphatic rings. The van der Waals surface area contributed by atoms with Gasteiger partial charge in [0.05, 0.1) is 12.1 Å². The number of aliphatic hydroxyl groups excluding tert-OH is 1. The molecule has 234 valence electrons. The number of amides is 2. The van der Waals surface area contributed by atoms with Gasteiger partial charge >= 0.3 is 0 Å². The van der Waals surface area contributed by atoms with E-state index in [1.165, 1.54) is 12.1 Å². The lowest BCUT2D eigenvalue weighted by atomic mass is 9.99. The van der Waals surface area contributed by atoms with Crippen molar-refractivity contribution in [3.05, 3.63) is 88.0 Å². The first-order valence-electron chi connectivity index (χ1n) is 15.2. The van der Waals surface area contributed by atoms with Gasteiger partial charge in [-0.3, -0.25) is 9.59 Å². The Hall–Kier alpha value is -3.63. The number of aromatic amines is 1. The number of carbonyl (C=O) groups excluding carboxylic acids is 2. The van der Waals surface area contributed by atoms with Crippen molar-refractivity contribution in [2.24, 2.45) is 0 Å². The average Bonchev–Trinajstić information content (AvgIpc) is 3.41. The molecule has 0 spiro atoms. The lowest BCUT2D eigenvalue weighted by Gasteiger charge is -2.25. The van der Waals surface area contributed by atoms with Crippen LogP contribution in [0.3, 0.4) is 0 Å². The van der Waals surface area contributed by atoms with E-state index in [1.54, 1.807) is 29.3 Å². The molecule has 0 radical (unpaired) electrons. The molecule has 2 aromatic carbocycles. The summed E-state index contributed by atoms with van der Waals surface area (Å²) >= 11 is 0. The Morgan fingerprint density at radius 2 is 1.65 bits per heavy atom. The minimum absolute atomic E-state index is 0.00707. The summed E-state index contributed by atoms with van der Waals surface area (Å²) in [4.78, 5) is 36.1. The molecule has 0 bridgehead atoms. The topological polar surface area (TPSA) is 110 Å². The van der Waals surface area contributed by atoms with Gasteiger partial charge in [0.25, 0.3) is 11.8 Å². The van der Waals surface area contributed by atoms with E-state index >= 15 is 0 Å². The number of imidazole rings is 1. The highest BCUT2D eigenvalue weighted by Crippen LogP contribution is 2.16. The van der Waals surface area contributed by atoms with Gasteiger partial charge in [-0.1, -0.05) is 27.2 Å². The standard InChI is InChI=1S/C33H45F2N5O3/c1-5-8-9-31-37-20-28(38-31)19-36-21-30(41)29(16-23-14-26(34)18-27(35)15-23)39-32(42)24-12-22(4)13-25(17-24)33(43)40(10-6-2)11-7-3/h12-15,17-18,20,29-30,36,41H,5-11,16,19,21H2,1-4H3,(H,37,38)(H,39,42)/t29-,30+/m0/s1. The molecule has 3 aromatic rings. The largest absolute Gasteiger partial charge is 0.390 e. The Bertz CT molecular complexity index is 1320. The smallest absolute Gasteiger partial charge is 0.253 e. The van der Waals surface area contributed by atoms with E-state index in [2.05, 4.69) is 27.5 Å². The van der Waals surface area contributed by atoms with Crippen LogP contribution >= 0.6 is 0 Å². The minimum atomic E-state index is -1.09. The molecule has 0 fully saturated rings. The minimum Gasteiger partial charge on any atom is -0.390 e. The van der Waals surface area contributed by atoms with Gasteiger partial charge in [0.2, 0.25) is 0 Å². The number of nitrogens with one attached hydrogen (secondary N) is 3. The van der Waals surface area contributed by atoms with Gasteiger partial charge in [-0.2, -0.15) is 0 Å². The van der Waals surface area contributed by atoms with E-state index in [9.17, 15) is 23.5 Å². The lowest BCUT2D eigenvalue weighted by molar-refractivity contribution is 0.0755. The quantitative estimate of drug-likeness (QED) is 0.173. The van der Waals surface area contributed by atoms with Gasteiger partial charge in [-0.15, -0.1) is 0 Å². The molecule has 3 rings (SSSR count). The van der Waals surface area contributed by atoms with Crippen molar-refractivity contribution >= 4 is 11.8 Å². The highest BCUT2D eigenvalue weighted by Gasteiger charge is 2.24. The molecule has 2 atom stereocenters. The number of halogens is 2. The molecule has 1 aromatic heterocycles. The third kappa shape index (κ3) is 10.5. The summed E-state index contributed by atoms with van der Waals surface area (Å²) in [6, 6.07) is 7.26. The Morgan fingerprint density at radius 1 is 0.977 bits per heavy atom. The molecular weight excluding hydrogens is 552 g/mol. The number of carbonyl (C=O) groups is 2. The predicted octanol–water partition coefficient (Wildman–Crippen LogP) is 5.09. The zero-order chi connectivity index (χ0) is 31.4. The number of aryl methyl sites for hydroxylation is 2. The molecule has 1 heterocycles. The summed E-state index contributed by atoms with van der Waals surface area (Å²) in [5.74, 6) is -1.21.